The topological polar surface area (TPSA) is 0 Å². The number of hydrogen-bond donors (Lipinski definition) is 0. The Morgan fingerprint density at radius 3 is 1.80 bits per heavy atom. The highest BCUT2D eigenvalue weighted by atomic mass is 127. The summed E-state index contributed by atoms with van der Waals surface area (Å²) in [4.78, 5) is 0. The van der Waals surface area contributed by atoms with Crippen molar-refractivity contribution in [1.82, 2.24) is 0 Å². The number of hydrogen-bond acceptors (Lipinski definition) is 0. The lowest BCUT2D eigenvalue weighted by Gasteiger charge is -2.17. The number of benzene rings is 6. The molecule has 0 atom stereocenters. The Balaban J connectivity index is 2.00. The zero-order valence-corrected chi connectivity index (χ0v) is 20.3. The van der Waals surface area contributed by atoms with E-state index in [1.807, 2.05) is 0 Å². The van der Waals surface area contributed by atoms with Crippen LogP contribution in [0.15, 0.2) is 97.1 Å². The highest BCUT2D eigenvalue weighted by molar-refractivity contribution is 14.1. The maximum absolute atomic E-state index is 2.43. The van der Waals surface area contributed by atoms with Gasteiger partial charge >= 0.3 is 0 Å². The van der Waals surface area contributed by atoms with Crippen molar-refractivity contribution in [3.05, 3.63) is 104 Å². The van der Waals surface area contributed by atoms with Gasteiger partial charge in [-0.2, -0.15) is 0 Å². The zero-order valence-electron chi connectivity index (χ0n) is 16.0. The summed E-state index contributed by atoms with van der Waals surface area (Å²) in [5, 5.41) is 10.6. The third kappa shape index (κ3) is 2.84. The molecule has 0 heterocycles. The van der Waals surface area contributed by atoms with Gasteiger partial charge in [0.1, 0.15) is 0 Å². The highest BCUT2D eigenvalue weighted by Gasteiger charge is 2.16. The van der Waals surface area contributed by atoms with Gasteiger partial charge in [0.15, 0.2) is 0 Å². The molecule has 6 aromatic rings. The molecule has 0 spiro atoms. The van der Waals surface area contributed by atoms with E-state index in [2.05, 4.69) is 142 Å². The molecule has 2 heteroatoms. The predicted molar refractivity (Wildman–Crippen MR) is 147 cm³/mol. The second kappa shape index (κ2) is 7.20. The van der Waals surface area contributed by atoms with E-state index in [4.69, 9.17) is 0 Å². The fraction of sp³-hybridized carbons (Fsp3) is 0. The first kappa shape index (κ1) is 18.6. The molecule has 6 aromatic carbocycles. The zero-order chi connectivity index (χ0) is 20.2. The molecule has 30 heavy (non-hydrogen) atoms. The first-order chi connectivity index (χ1) is 14.7. The molecule has 0 unspecified atom stereocenters. The quantitative estimate of drug-likeness (QED) is 0.0996. The van der Waals surface area contributed by atoms with E-state index in [-0.39, 0.29) is 0 Å². The van der Waals surface area contributed by atoms with Crippen LogP contribution in [0.1, 0.15) is 0 Å². The van der Waals surface area contributed by atoms with Crippen LogP contribution in [0, 0.1) is 7.14 Å². The summed E-state index contributed by atoms with van der Waals surface area (Å²) in [6.07, 6.45) is 0. The van der Waals surface area contributed by atoms with Gasteiger partial charge in [0.25, 0.3) is 0 Å². The van der Waals surface area contributed by atoms with Crippen LogP contribution in [-0.2, 0) is 0 Å². The van der Waals surface area contributed by atoms with Crippen molar-refractivity contribution < 1.29 is 0 Å². The molecule has 6 rings (SSSR count). The van der Waals surface area contributed by atoms with Crippen LogP contribution in [0.5, 0.6) is 0 Å². The summed E-state index contributed by atoms with van der Waals surface area (Å²) in [6.45, 7) is 0. The van der Waals surface area contributed by atoms with Crippen LogP contribution in [0.25, 0.3) is 54.2 Å². The van der Waals surface area contributed by atoms with Crippen LogP contribution in [-0.4, -0.2) is 0 Å². The minimum atomic E-state index is 1.26. The summed E-state index contributed by atoms with van der Waals surface area (Å²) in [5.41, 5.74) is 2.60. The van der Waals surface area contributed by atoms with E-state index in [9.17, 15) is 0 Å². The molecule has 0 bridgehead atoms. The van der Waals surface area contributed by atoms with E-state index >= 15 is 0 Å². The molecular weight excluding hydrogens is 590 g/mol. The van der Waals surface area contributed by atoms with Crippen molar-refractivity contribution in [1.29, 1.82) is 0 Å². The Labute approximate surface area is 202 Å². The van der Waals surface area contributed by atoms with Gasteiger partial charge in [-0.25, -0.2) is 0 Å². The molecule has 0 amide bonds. The lowest BCUT2D eigenvalue weighted by atomic mass is 9.86. The van der Waals surface area contributed by atoms with Crippen molar-refractivity contribution in [2.24, 2.45) is 0 Å². The van der Waals surface area contributed by atoms with Crippen LogP contribution in [0.3, 0.4) is 0 Å². The molecule has 0 nitrogen and oxygen atoms in total. The third-order valence-electron chi connectivity index (χ3n) is 5.92. The Bertz CT molecular complexity index is 1600. The van der Waals surface area contributed by atoms with Crippen molar-refractivity contribution in [2.45, 2.75) is 0 Å². The minimum Gasteiger partial charge on any atom is -0.0622 e. The fourth-order valence-corrected chi connectivity index (χ4v) is 5.66. The molecule has 0 aliphatic heterocycles. The maximum atomic E-state index is 2.43. The molecule has 0 radical (unpaired) electrons. The second-order valence-corrected chi connectivity index (χ2v) is 10.1. The van der Waals surface area contributed by atoms with Gasteiger partial charge < -0.3 is 0 Å². The molecule has 0 fully saturated rings. The molecule has 0 aromatic heterocycles. The van der Waals surface area contributed by atoms with Gasteiger partial charge in [0, 0.05) is 7.14 Å². The van der Waals surface area contributed by atoms with Gasteiger partial charge in [0.05, 0.1) is 0 Å². The van der Waals surface area contributed by atoms with Gasteiger partial charge in [0.2, 0.25) is 0 Å². The van der Waals surface area contributed by atoms with Gasteiger partial charge in [-0.3, -0.25) is 0 Å². The van der Waals surface area contributed by atoms with E-state index in [1.54, 1.807) is 0 Å². The van der Waals surface area contributed by atoms with E-state index in [1.165, 1.54) is 61.4 Å². The molecular formula is C28H16I2. The summed E-state index contributed by atoms with van der Waals surface area (Å²) in [6, 6.07) is 35.7. The van der Waals surface area contributed by atoms with E-state index in [0.29, 0.717) is 0 Å². The number of halogens is 2. The van der Waals surface area contributed by atoms with Gasteiger partial charge in [-0.05, 0) is 130 Å². The van der Waals surface area contributed by atoms with Gasteiger partial charge in [-0.1, -0.05) is 66.7 Å². The molecule has 0 aliphatic carbocycles. The maximum Gasteiger partial charge on any atom is 0.0136 e. The SMILES string of the molecule is Ic1ccc2c3ccc(I)cc3c3c(-c4ccccc4)c4ccccc4cc3c2c1. The minimum absolute atomic E-state index is 1.26. The van der Waals surface area contributed by atoms with Crippen LogP contribution < -0.4 is 0 Å². The fourth-order valence-electron chi connectivity index (χ4n) is 4.68. The van der Waals surface area contributed by atoms with E-state index < -0.39 is 0 Å². The first-order valence-corrected chi connectivity index (χ1v) is 12.1. The summed E-state index contributed by atoms with van der Waals surface area (Å²) in [5.74, 6) is 0. The molecule has 142 valence electrons. The lowest BCUT2D eigenvalue weighted by Crippen LogP contribution is -1.90. The Kier molecular flexibility index (Phi) is 4.46. The van der Waals surface area contributed by atoms with Crippen molar-refractivity contribution >= 4 is 88.3 Å². The van der Waals surface area contributed by atoms with E-state index in [0.717, 1.165) is 0 Å². The van der Waals surface area contributed by atoms with Crippen molar-refractivity contribution in [2.75, 3.05) is 0 Å². The summed E-state index contributed by atoms with van der Waals surface area (Å²) < 4.78 is 2.53. The molecule has 0 N–H and O–H groups in total. The standard InChI is InChI=1S/C28H16I2/c29-19-10-12-22-23-13-11-20(30)16-26(23)28-25(24(22)15-19)14-18-8-4-5-9-21(18)27(28)17-6-2-1-3-7-17/h1-16H. The normalized spacial score (nSPS) is 11.7. The van der Waals surface area contributed by atoms with Crippen LogP contribution in [0.2, 0.25) is 0 Å². The van der Waals surface area contributed by atoms with Crippen LogP contribution >= 0.6 is 45.2 Å². The van der Waals surface area contributed by atoms with Crippen molar-refractivity contribution in [3.8, 4) is 11.1 Å². The third-order valence-corrected chi connectivity index (χ3v) is 7.27. The Morgan fingerprint density at radius 2 is 1.03 bits per heavy atom. The number of rotatable bonds is 1. The summed E-state index contributed by atoms with van der Waals surface area (Å²) >= 11 is 4.86. The predicted octanol–water partition coefficient (Wildman–Crippen LogP) is 9.18. The Morgan fingerprint density at radius 1 is 0.433 bits per heavy atom. The Hall–Kier alpha value is -2.18. The van der Waals surface area contributed by atoms with Crippen LogP contribution in [0.4, 0.5) is 0 Å². The smallest absolute Gasteiger partial charge is 0.0136 e. The monoisotopic (exact) mass is 606 g/mol. The lowest BCUT2D eigenvalue weighted by molar-refractivity contribution is 1.67. The van der Waals surface area contributed by atoms with Crippen molar-refractivity contribution in [3.63, 3.8) is 0 Å². The largest absolute Gasteiger partial charge is 0.0622 e. The molecule has 0 aliphatic rings. The molecule has 0 saturated heterocycles. The molecule has 0 saturated carbocycles. The second-order valence-electron chi connectivity index (χ2n) is 7.64. The average molecular weight is 606 g/mol. The number of fused-ring (bicyclic) bond motifs is 7. The summed E-state index contributed by atoms with van der Waals surface area (Å²) in [7, 11) is 0. The average Bonchev–Trinajstić information content (AvgIpc) is 2.78. The highest BCUT2D eigenvalue weighted by Crippen LogP contribution is 2.44. The first-order valence-electron chi connectivity index (χ1n) is 9.92. The van der Waals surface area contributed by atoms with Gasteiger partial charge in [-0.15, -0.1) is 0 Å².